The molecule has 0 saturated heterocycles. The predicted octanol–water partition coefficient (Wildman–Crippen LogP) is 10.7. The highest BCUT2D eigenvalue weighted by Crippen LogP contribution is 2.34. The molecule has 0 aliphatic rings. The van der Waals surface area contributed by atoms with E-state index in [1.54, 1.807) is 6.92 Å². The first kappa shape index (κ1) is 34.5. The maximum Gasteiger partial charge on any atom is 0.428 e. The Morgan fingerprint density at radius 3 is 1.44 bits per heavy atom. The summed E-state index contributed by atoms with van der Waals surface area (Å²) in [6, 6.07) is 0. The molecular formula is C32H30F6O. The quantitative estimate of drug-likeness (QED) is 0.107. The van der Waals surface area contributed by atoms with E-state index in [9.17, 15) is 26.3 Å². The Bertz CT molecular complexity index is 1310. The molecule has 0 amide bonds. The lowest BCUT2D eigenvalue weighted by molar-refractivity contribution is -0.177. The van der Waals surface area contributed by atoms with Gasteiger partial charge < -0.3 is 4.74 Å². The SMILES string of the molecule is C=C(C)/C=C(/F)C(=C)C(=C)/C=C\C(=C)C(=C)/C=C\C(=C)C(=C)/C=C(/F)C(=C)C(F)(F)OC(=C)/C=C(/F)C(=C)F. The molecule has 39 heavy (non-hydrogen) atoms. The fourth-order valence-corrected chi connectivity index (χ4v) is 2.23. The second kappa shape index (κ2) is 15.0. The lowest BCUT2D eigenvalue weighted by Crippen LogP contribution is -2.23. The summed E-state index contributed by atoms with van der Waals surface area (Å²) in [6.45, 7) is 36.1. The van der Waals surface area contributed by atoms with Crippen molar-refractivity contribution >= 4 is 0 Å². The van der Waals surface area contributed by atoms with Crippen LogP contribution < -0.4 is 0 Å². The van der Waals surface area contributed by atoms with E-state index in [4.69, 9.17) is 0 Å². The number of ether oxygens (including phenoxy) is 1. The van der Waals surface area contributed by atoms with Gasteiger partial charge in [-0.25, -0.2) is 17.6 Å². The van der Waals surface area contributed by atoms with Crippen LogP contribution >= 0.6 is 0 Å². The highest BCUT2D eigenvalue weighted by Gasteiger charge is 2.38. The zero-order valence-corrected chi connectivity index (χ0v) is 21.8. The zero-order chi connectivity index (χ0) is 30.7. The Balaban J connectivity index is 5.32. The third-order valence-corrected chi connectivity index (χ3v) is 4.59. The van der Waals surface area contributed by atoms with Crippen LogP contribution in [-0.2, 0) is 4.74 Å². The van der Waals surface area contributed by atoms with E-state index in [0.717, 1.165) is 0 Å². The maximum atomic E-state index is 14.4. The average molecular weight is 545 g/mol. The van der Waals surface area contributed by atoms with Gasteiger partial charge in [0.05, 0.1) is 5.57 Å². The van der Waals surface area contributed by atoms with E-state index >= 15 is 0 Å². The summed E-state index contributed by atoms with van der Waals surface area (Å²) in [7, 11) is 0. The Kier molecular flexibility index (Phi) is 13.3. The van der Waals surface area contributed by atoms with Crippen molar-refractivity contribution in [3.63, 3.8) is 0 Å². The molecule has 0 saturated carbocycles. The molecule has 0 radical (unpaired) electrons. The molecule has 0 aliphatic carbocycles. The Hall–Kier alpha value is -4.52. The largest absolute Gasteiger partial charge is 0.429 e. The van der Waals surface area contributed by atoms with Gasteiger partial charge in [0.25, 0.3) is 0 Å². The van der Waals surface area contributed by atoms with E-state index in [-0.39, 0.29) is 22.8 Å². The summed E-state index contributed by atoms with van der Waals surface area (Å²) in [5, 5.41) is 0. The Labute approximate surface area is 226 Å². The van der Waals surface area contributed by atoms with Crippen molar-refractivity contribution in [1.82, 2.24) is 0 Å². The van der Waals surface area contributed by atoms with Crippen LogP contribution in [0.5, 0.6) is 0 Å². The van der Waals surface area contributed by atoms with Crippen LogP contribution in [0.25, 0.3) is 0 Å². The van der Waals surface area contributed by atoms with Gasteiger partial charge in [-0.2, -0.15) is 8.78 Å². The molecule has 0 aromatic heterocycles. The third-order valence-electron chi connectivity index (χ3n) is 4.59. The van der Waals surface area contributed by atoms with Crippen LogP contribution in [0.15, 0.2) is 182 Å². The molecule has 0 aromatic carbocycles. The monoisotopic (exact) mass is 544 g/mol. The smallest absolute Gasteiger partial charge is 0.428 e. The summed E-state index contributed by atoms with van der Waals surface area (Å²) in [5.74, 6) is -6.21. The van der Waals surface area contributed by atoms with Crippen LogP contribution in [-0.4, -0.2) is 6.11 Å². The molecule has 0 spiro atoms. The Morgan fingerprint density at radius 1 is 0.564 bits per heavy atom. The average Bonchev–Trinajstić information content (AvgIpc) is 2.82. The van der Waals surface area contributed by atoms with Gasteiger partial charge in [0.2, 0.25) is 0 Å². The molecule has 206 valence electrons. The number of hydrogen-bond acceptors (Lipinski definition) is 1. The van der Waals surface area contributed by atoms with Crippen molar-refractivity contribution in [1.29, 1.82) is 0 Å². The van der Waals surface area contributed by atoms with Crippen molar-refractivity contribution in [2.24, 2.45) is 0 Å². The minimum atomic E-state index is -4.35. The molecule has 7 heteroatoms. The van der Waals surface area contributed by atoms with E-state index in [1.165, 1.54) is 30.4 Å². The second-order valence-electron chi connectivity index (χ2n) is 8.06. The molecule has 0 unspecified atom stereocenters. The molecule has 0 fully saturated rings. The molecule has 0 heterocycles. The second-order valence-corrected chi connectivity index (χ2v) is 8.06. The fraction of sp³-hybridized carbons (Fsp3) is 0.0625. The first-order valence-corrected chi connectivity index (χ1v) is 10.9. The molecular weight excluding hydrogens is 514 g/mol. The third kappa shape index (κ3) is 12.0. The van der Waals surface area contributed by atoms with E-state index in [2.05, 4.69) is 70.5 Å². The fourth-order valence-electron chi connectivity index (χ4n) is 2.23. The molecule has 0 bridgehead atoms. The lowest BCUT2D eigenvalue weighted by atomic mass is 10.0. The number of halogens is 6. The van der Waals surface area contributed by atoms with E-state index < -0.39 is 40.7 Å². The van der Waals surface area contributed by atoms with Gasteiger partial charge in [-0.05, 0) is 46.9 Å². The summed E-state index contributed by atoms with van der Waals surface area (Å²) >= 11 is 0. The van der Waals surface area contributed by atoms with Crippen molar-refractivity contribution in [2.75, 3.05) is 0 Å². The van der Waals surface area contributed by atoms with Crippen LogP contribution in [0.4, 0.5) is 26.3 Å². The van der Waals surface area contributed by atoms with Gasteiger partial charge in [0.1, 0.15) is 17.4 Å². The normalized spacial score (nSPS) is 12.7. The van der Waals surface area contributed by atoms with Gasteiger partial charge in [0, 0.05) is 11.6 Å². The lowest BCUT2D eigenvalue weighted by Gasteiger charge is -2.19. The minimum Gasteiger partial charge on any atom is -0.429 e. The molecule has 0 aliphatic heterocycles. The van der Waals surface area contributed by atoms with Crippen LogP contribution in [0.2, 0.25) is 0 Å². The van der Waals surface area contributed by atoms with Crippen molar-refractivity contribution in [3.05, 3.63) is 182 Å². The topological polar surface area (TPSA) is 9.23 Å². The van der Waals surface area contributed by atoms with Crippen molar-refractivity contribution in [2.45, 2.75) is 13.0 Å². The van der Waals surface area contributed by atoms with Crippen LogP contribution in [0.3, 0.4) is 0 Å². The van der Waals surface area contributed by atoms with Gasteiger partial charge in [0.15, 0.2) is 11.7 Å². The summed E-state index contributed by atoms with van der Waals surface area (Å²) < 4.78 is 86.7. The molecule has 0 aromatic rings. The highest BCUT2D eigenvalue weighted by atomic mass is 19.3. The van der Waals surface area contributed by atoms with Crippen molar-refractivity contribution < 1.29 is 31.1 Å². The molecule has 0 atom stereocenters. The first-order valence-electron chi connectivity index (χ1n) is 10.9. The summed E-state index contributed by atoms with van der Waals surface area (Å²) in [4.78, 5) is 0. The minimum absolute atomic E-state index is 0.0675. The van der Waals surface area contributed by atoms with Crippen molar-refractivity contribution in [3.8, 4) is 0 Å². The predicted molar refractivity (Wildman–Crippen MR) is 150 cm³/mol. The Morgan fingerprint density at radius 2 is 1.00 bits per heavy atom. The maximum absolute atomic E-state index is 14.4. The van der Waals surface area contributed by atoms with Gasteiger partial charge in [-0.3, -0.25) is 0 Å². The number of allylic oxidation sites excluding steroid dienone is 17. The summed E-state index contributed by atoms with van der Waals surface area (Å²) in [5.41, 5.74) is 0.273. The first-order chi connectivity index (χ1) is 17.8. The van der Waals surface area contributed by atoms with Crippen LogP contribution in [0.1, 0.15) is 6.92 Å². The van der Waals surface area contributed by atoms with Crippen LogP contribution in [0, 0.1) is 0 Å². The number of rotatable bonds is 16. The molecule has 1 nitrogen and oxygen atoms in total. The molecule has 0 rings (SSSR count). The van der Waals surface area contributed by atoms with Gasteiger partial charge in [-0.1, -0.05) is 95.7 Å². The number of hydrogen-bond donors (Lipinski definition) is 0. The zero-order valence-electron chi connectivity index (χ0n) is 21.8. The van der Waals surface area contributed by atoms with Gasteiger partial charge in [-0.15, -0.1) is 0 Å². The highest BCUT2D eigenvalue weighted by molar-refractivity contribution is 5.53. The standard InChI is InChI=1S/C32H30F6O/c1-19(2)16-29(34)26(9)23(6)15-14-21(4)20(3)12-13-22(5)24(7)17-30(35)27(10)32(37,38)39-25(8)18-31(36)28(11)33/h12-18H,1,3-11H2,2H3/b13-12-,15-14-,29-16+,30-17+,31-18+. The summed E-state index contributed by atoms with van der Waals surface area (Å²) in [6.07, 6.45) is 3.58. The van der Waals surface area contributed by atoms with E-state index in [1.807, 2.05) is 0 Å². The van der Waals surface area contributed by atoms with E-state index in [0.29, 0.717) is 28.4 Å². The molecule has 0 N–H and O–H groups in total. The number of alkyl halides is 2. The van der Waals surface area contributed by atoms with Gasteiger partial charge >= 0.3 is 6.11 Å².